The van der Waals surface area contributed by atoms with E-state index in [-0.39, 0.29) is 0 Å². The Morgan fingerprint density at radius 1 is 0.667 bits per heavy atom. The third-order valence-corrected chi connectivity index (χ3v) is 8.76. The number of nitriles is 2. The highest BCUT2D eigenvalue weighted by molar-refractivity contribution is 8.13. The molecule has 0 aliphatic rings. The summed E-state index contributed by atoms with van der Waals surface area (Å²) < 4.78 is 58.4. The van der Waals surface area contributed by atoms with E-state index >= 15 is 0 Å². The molecule has 4 aromatic carbocycles. The lowest BCUT2D eigenvalue weighted by molar-refractivity contribution is 0.415. The maximum atomic E-state index is 11.3. The van der Waals surface area contributed by atoms with Crippen molar-refractivity contribution in [2.75, 3.05) is 37.2 Å². The summed E-state index contributed by atoms with van der Waals surface area (Å²) >= 11 is 0. The van der Waals surface area contributed by atoms with Crippen molar-refractivity contribution in [2.24, 2.45) is 0 Å². The first kappa shape index (κ1) is 43.2. The van der Waals surface area contributed by atoms with E-state index in [2.05, 4.69) is 51.2 Å². The Morgan fingerprint density at radius 2 is 1.05 bits per heavy atom. The number of nitrogen functional groups attached to an aromatic ring is 1. The number of ether oxygens (including phenoxy) is 2. The third-order valence-electron chi connectivity index (χ3n) is 8.15. The van der Waals surface area contributed by atoms with Crippen LogP contribution in [0.25, 0.3) is 21.8 Å². The summed E-state index contributed by atoms with van der Waals surface area (Å²) in [4.78, 5) is 0. The average Bonchev–Trinajstić information content (AvgIpc) is 3.65. The summed E-state index contributed by atoms with van der Waals surface area (Å²) in [5.74, 6) is 13.9. The Labute approximate surface area is 337 Å². The van der Waals surface area contributed by atoms with Crippen LogP contribution in [0.15, 0.2) is 84.9 Å². The lowest BCUT2D eigenvalue weighted by Crippen LogP contribution is -2.09. The van der Waals surface area contributed by atoms with Crippen molar-refractivity contribution >= 4 is 62.9 Å². The van der Waals surface area contributed by atoms with Crippen LogP contribution in [0.1, 0.15) is 47.5 Å². The van der Waals surface area contributed by atoms with Crippen molar-refractivity contribution in [3.63, 3.8) is 0 Å². The fraction of sp³-hybridized carbons (Fsp3) is 0.190. The normalized spacial score (nSPS) is 10.5. The number of nitrogens with two attached hydrogens (primary N) is 1. The van der Waals surface area contributed by atoms with Gasteiger partial charge in [-0.1, -0.05) is 11.8 Å². The molecule has 0 aliphatic carbocycles. The van der Waals surface area contributed by atoms with Crippen LogP contribution < -0.4 is 19.9 Å². The predicted octanol–water partition coefficient (Wildman–Crippen LogP) is 7.02. The number of aryl methyl sites for hydroxylation is 2. The highest BCUT2D eigenvalue weighted by atomic mass is 35.7. The molecule has 292 valence electrons. The zero-order valence-electron chi connectivity index (χ0n) is 32.0. The Balaban J connectivity index is 0.000000228. The Hall–Kier alpha value is -6.55. The predicted molar refractivity (Wildman–Crippen MR) is 226 cm³/mol. The molecule has 0 bridgehead atoms. The van der Waals surface area contributed by atoms with Crippen LogP contribution in [-0.2, 0) is 32.2 Å². The van der Waals surface area contributed by atoms with Gasteiger partial charge in [-0.25, -0.2) is 16.8 Å². The molecule has 0 amide bonds. The number of aromatic nitrogens is 2. The van der Waals surface area contributed by atoms with Gasteiger partial charge in [-0.15, -0.1) is 0 Å². The highest BCUT2D eigenvalue weighted by Crippen LogP contribution is 2.30. The molecule has 0 radical (unpaired) electrons. The first-order valence-electron chi connectivity index (χ1n) is 17.1. The van der Waals surface area contributed by atoms with Crippen LogP contribution in [0.4, 0.5) is 11.4 Å². The van der Waals surface area contributed by atoms with Crippen molar-refractivity contribution < 1.29 is 26.3 Å². The average molecular weight is 823 g/mol. The molecule has 0 saturated heterocycles. The zero-order chi connectivity index (χ0) is 41.9. The van der Waals surface area contributed by atoms with E-state index in [0.717, 1.165) is 63.6 Å². The minimum Gasteiger partial charge on any atom is -0.497 e. The monoisotopic (exact) mass is 822 g/mol. The summed E-state index contributed by atoms with van der Waals surface area (Å²) in [6.45, 7) is 5.41. The van der Waals surface area contributed by atoms with Crippen LogP contribution in [0, 0.1) is 46.3 Å². The van der Waals surface area contributed by atoms with E-state index in [4.69, 9.17) is 15.2 Å². The minimum absolute atomic E-state index is 0.473. The molecular formula is C42H39ClN6O6S2. The second-order valence-corrected chi connectivity index (χ2v) is 17.0. The molecule has 2 aromatic heterocycles. The van der Waals surface area contributed by atoms with Crippen LogP contribution in [0.3, 0.4) is 0 Å². The van der Waals surface area contributed by atoms with E-state index in [9.17, 15) is 27.4 Å². The quantitative estimate of drug-likeness (QED) is 0.101. The van der Waals surface area contributed by atoms with Gasteiger partial charge < -0.3 is 24.3 Å². The van der Waals surface area contributed by atoms with E-state index in [1.807, 2.05) is 83.6 Å². The number of benzene rings is 4. The molecule has 0 atom stereocenters. The largest absolute Gasteiger partial charge is 0.497 e. The summed E-state index contributed by atoms with van der Waals surface area (Å²) in [6, 6.07) is 30.0. The van der Waals surface area contributed by atoms with Gasteiger partial charge in [-0.05, 0) is 98.5 Å². The first-order valence-corrected chi connectivity index (χ1v) is 21.7. The molecular weight excluding hydrogens is 784 g/mol. The molecule has 3 N–H and O–H groups in total. The van der Waals surface area contributed by atoms with Crippen LogP contribution >= 0.6 is 10.7 Å². The summed E-state index contributed by atoms with van der Waals surface area (Å²) in [5.41, 5.74) is 12.8. The third kappa shape index (κ3) is 11.5. The second-order valence-electron chi connectivity index (χ2n) is 12.2. The van der Waals surface area contributed by atoms with E-state index < -0.39 is 19.1 Å². The van der Waals surface area contributed by atoms with Gasteiger partial charge >= 0.3 is 0 Å². The molecule has 0 spiro atoms. The fourth-order valence-electron chi connectivity index (χ4n) is 5.72. The molecule has 6 rings (SSSR count). The van der Waals surface area contributed by atoms with Gasteiger partial charge in [0.2, 0.25) is 19.1 Å². The number of methoxy groups -OCH3 is 2. The first-order chi connectivity index (χ1) is 27.0. The van der Waals surface area contributed by atoms with Crippen molar-refractivity contribution in [3.05, 3.63) is 119 Å². The number of nitrogens with zero attached hydrogens (tertiary/aromatic N) is 4. The minimum atomic E-state index is -3.32. The van der Waals surface area contributed by atoms with E-state index in [0.29, 0.717) is 40.3 Å². The Morgan fingerprint density at radius 3 is 1.39 bits per heavy atom. The van der Waals surface area contributed by atoms with Gasteiger partial charge in [0.05, 0.1) is 48.9 Å². The molecule has 0 fully saturated rings. The number of hydrogen-bond acceptors (Lipinski definition) is 9. The topological polar surface area (TPSA) is 182 Å². The van der Waals surface area contributed by atoms with Gasteiger partial charge in [0.15, 0.2) is 0 Å². The number of sulfonamides is 1. The second kappa shape index (κ2) is 18.9. The van der Waals surface area contributed by atoms with Crippen LogP contribution in [0.2, 0.25) is 0 Å². The number of hydrogen-bond donors (Lipinski definition) is 2. The molecule has 12 nitrogen and oxygen atoms in total. The van der Waals surface area contributed by atoms with Crippen molar-refractivity contribution in [2.45, 2.75) is 26.9 Å². The van der Waals surface area contributed by atoms with Gasteiger partial charge in [0.25, 0.3) is 0 Å². The van der Waals surface area contributed by atoms with Crippen molar-refractivity contribution in [1.82, 2.24) is 9.13 Å². The van der Waals surface area contributed by atoms with Gasteiger partial charge in [0.1, 0.15) is 35.0 Å². The number of halogens is 1. The summed E-state index contributed by atoms with van der Waals surface area (Å²) in [6.07, 6.45) is 2.03. The SMILES string of the molecule is CCn1c(C#Cc2ccc(N)cc2)c(C#N)c2ccc(OC)cc21.CCn1c(C#Cc2ccc(NS(C)(=O)=O)cc2)c(C#N)c2ccc(OC)cc21.CS(=O)(=O)Cl. The van der Waals surface area contributed by atoms with E-state index in [1.54, 1.807) is 38.5 Å². The molecule has 15 heteroatoms. The lowest BCUT2D eigenvalue weighted by atomic mass is 10.1. The lowest BCUT2D eigenvalue weighted by Gasteiger charge is -2.05. The molecule has 0 aliphatic heterocycles. The standard InChI is InChI=1S/C21H19N3O3S.C20H17N3O.CH3ClO2S/c1-4-24-20(19(14-22)18-11-10-17(27-2)13-21(18)24)12-7-15-5-8-16(9-6-15)23-28(3,25)26;1-3-23-19(11-6-14-4-7-15(22)8-5-14)18(13-21)17-10-9-16(24-2)12-20(17)23;1-5(2,3)4/h5-6,8-11,13,23H,4H2,1-3H3;4-5,7-10,12H,3,22H2,1-2H3;1H3. The van der Waals surface area contributed by atoms with E-state index in [1.165, 1.54) is 0 Å². The number of rotatable bonds is 6. The summed E-state index contributed by atoms with van der Waals surface area (Å²) in [7, 11) is 1.23. The zero-order valence-corrected chi connectivity index (χ0v) is 34.4. The molecule has 57 heavy (non-hydrogen) atoms. The van der Waals surface area contributed by atoms with Gasteiger partial charge in [-0.2, -0.15) is 10.5 Å². The van der Waals surface area contributed by atoms with Gasteiger partial charge in [-0.3, -0.25) is 4.72 Å². The molecule has 0 unspecified atom stereocenters. The Bertz CT molecular complexity index is 2860. The van der Waals surface area contributed by atoms with Gasteiger partial charge in [0, 0.05) is 69.2 Å². The summed E-state index contributed by atoms with van der Waals surface area (Å²) in [5, 5.41) is 21.0. The molecule has 0 saturated carbocycles. The number of anilines is 2. The number of fused-ring (bicyclic) bond motifs is 2. The van der Waals surface area contributed by atoms with Crippen LogP contribution in [0.5, 0.6) is 11.5 Å². The Kier molecular flexibility index (Phi) is 14.3. The van der Waals surface area contributed by atoms with Crippen molar-refractivity contribution in [3.8, 4) is 47.3 Å². The molecule has 6 aromatic rings. The molecule has 2 heterocycles. The number of nitrogens with one attached hydrogen (secondary N) is 1. The highest BCUT2D eigenvalue weighted by Gasteiger charge is 2.17. The van der Waals surface area contributed by atoms with Crippen molar-refractivity contribution in [1.29, 1.82) is 10.5 Å². The maximum absolute atomic E-state index is 11.3. The van der Waals surface area contributed by atoms with Crippen LogP contribution in [-0.4, -0.2) is 52.7 Å². The fourth-order valence-corrected chi connectivity index (χ4v) is 6.28. The smallest absolute Gasteiger partial charge is 0.229 e. The maximum Gasteiger partial charge on any atom is 0.229 e.